The molecule has 0 spiro atoms. The lowest BCUT2D eigenvalue weighted by molar-refractivity contribution is -0.0806. The predicted octanol–water partition coefficient (Wildman–Crippen LogP) is 8.66. The number of rotatable bonds is 17. The minimum Gasteiger partial charge on any atom is -0.497 e. The number of nitriles is 1. The average Bonchev–Trinajstić information content (AvgIpc) is 3.80. The van der Waals surface area contributed by atoms with Crippen molar-refractivity contribution >= 4 is 19.9 Å². The Morgan fingerprint density at radius 3 is 2.02 bits per heavy atom. The number of hydrogen-bond acceptors (Lipinski definition) is 10. The van der Waals surface area contributed by atoms with Gasteiger partial charge in [-0.2, -0.15) is 5.26 Å². The standard InChI is InChI=1S/C38H46N3O6PS/c1-27(2)41(28(3)4)48(45-23-10-21-39)47-34-25-35(37-40-22-24-49-37)46-36(34)26-44-38(29-11-8-7-9-12-29,30-13-17-32(42-5)18-14-30)31-15-19-33(43-6)20-16-31/h7-9,11-20,22,24,27-28,34-36H,10,23,25-26H2,1-6H3/t34-,35+,36+,48?/m0/s1. The van der Waals surface area contributed by atoms with E-state index < -0.39 is 20.2 Å². The molecule has 11 heteroatoms. The van der Waals surface area contributed by atoms with Gasteiger partial charge in [0.05, 0.1) is 46.0 Å². The first-order valence-corrected chi connectivity index (χ1v) is 18.6. The summed E-state index contributed by atoms with van der Waals surface area (Å²) in [5, 5.41) is 12.1. The quantitative estimate of drug-likeness (QED) is 0.0608. The van der Waals surface area contributed by atoms with Gasteiger partial charge in [0.1, 0.15) is 34.3 Å². The van der Waals surface area contributed by atoms with E-state index >= 15 is 0 Å². The molecule has 1 saturated heterocycles. The van der Waals surface area contributed by atoms with Crippen LogP contribution in [0.1, 0.15) is 68.3 Å². The molecule has 5 rings (SSSR count). The van der Waals surface area contributed by atoms with Crippen LogP contribution in [-0.4, -0.2) is 61.4 Å². The lowest BCUT2D eigenvalue weighted by Crippen LogP contribution is -2.39. The Morgan fingerprint density at radius 2 is 1.51 bits per heavy atom. The van der Waals surface area contributed by atoms with Crippen LogP contribution in [0.2, 0.25) is 0 Å². The summed E-state index contributed by atoms with van der Waals surface area (Å²) >= 11 is 1.57. The monoisotopic (exact) mass is 703 g/mol. The fraction of sp³-hybridized carbons (Fsp3) is 0.421. The van der Waals surface area contributed by atoms with Gasteiger partial charge in [-0.3, -0.25) is 0 Å². The molecule has 2 heterocycles. The highest BCUT2D eigenvalue weighted by molar-refractivity contribution is 7.44. The molecule has 4 aromatic rings. The van der Waals surface area contributed by atoms with Crippen LogP contribution in [0, 0.1) is 11.3 Å². The Labute approximate surface area is 295 Å². The van der Waals surface area contributed by atoms with Crippen molar-refractivity contribution in [2.45, 2.75) is 76.5 Å². The van der Waals surface area contributed by atoms with Gasteiger partial charge in [-0.05, 0) is 68.7 Å². The topological polar surface area (TPSA) is 95.3 Å². The summed E-state index contributed by atoms with van der Waals surface area (Å²) in [5.74, 6) is 1.51. The van der Waals surface area contributed by atoms with Crippen molar-refractivity contribution in [2.75, 3.05) is 27.4 Å². The molecule has 1 aliphatic heterocycles. The molecule has 260 valence electrons. The number of nitrogens with zero attached hydrogens (tertiary/aromatic N) is 3. The lowest BCUT2D eigenvalue weighted by atomic mass is 9.80. The Bertz CT molecular complexity index is 1540. The first kappa shape index (κ1) is 36.9. The van der Waals surface area contributed by atoms with Crippen LogP contribution < -0.4 is 9.47 Å². The summed E-state index contributed by atoms with van der Waals surface area (Å²) in [6.07, 6.45) is 1.62. The Kier molecular flexibility index (Phi) is 13.2. The van der Waals surface area contributed by atoms with Crippen LogP contribution in [0.25, 0.3) is 0 Å². The number of aromatic nitrogens is 1. The van der Waals surface area contributed by atoms with E-state index in [1.807, 2.05) is 72.1 Å². The minimum absolute atomic E-state index is 0.163. The van der Waals surface area contributed by atoms with Crippen molar-refractivity contribution in [3.63, 3.8) is 0 Å². The molecule has 1 unspecified atom stereocenters. The molecule has 4 atom stereocenters. The summed E-state index contributed by atoms with van der Waals surface area (Å²) < 4.78 is 40.5. The second kappa shape index (κ2) is 17.5. The zero-order valence-electron chi connectivity index (χ0n) is 29.0. The molecule has 9 nitrogen and oxygen atoms in total. The van der Waals surface area contributed by atoms with Gasteiger partial charge in [0.2, 0.25) is 0 Å². The summed E-state index contributed by atoms with van der Waals surface area (Å²) in [6, 6.07) is 28.7. The van der Waals surface area contributed by atoms with Crippen LogP contribution in [0.4, 0.5) is 0 Å². The van der Waals surface area contributed by atoms with Crippen LogP contribution >= 0.6 is 19.9 Å². The fourth-order valence-corrected chi connectivity index (χ4v) is 8.66. The zero-order chi connectivity index (χ0) is 34.8. The highest BCUT2D eigenvalue weighted by atomic mass is 32.1. The van der Waals surface area contributed by atoms with Gasteiger partial charge in [0, 0.05) is 30.1 Å². The Morgan fingerprint density at radius 1 is 0.918 bits per heavy atom. The van der Waals surface area contributed by atoms with Crippen LogP contribution in [0.5, 0.6) is 11.5 Å². The van der Waals surface area contributed by atoms with E-state index in [0.29, 0.717) is 6.42 Å². The summed E-state index contributed by atoms with van der Waals surface area (Å²) in [6.45, 7) is 9.03. The highest BCUT2D eigenvalue weighted by Gasteiger charge is 2.45. The zero-order valence-corrected chi connectivity index (χ0v) is 30.7. The van der Waals surface area contributed by atoms with E-state index in [-0.39, 0.29) is 43.9 Å². The fourth-order valence-electron chi connectivity index (χ4n) is 6.22. The SMILES string of the molecule is COc1ccc(C(OC[C@H]2O[C@@H](c3nccs3)C[C@@H]2OP(OCCC#N)N(C(C)C)C(C)C)(c2ccccc2)c2ccc(OC)cc2)cc1. The molecule has 0 saturated carbocycles. The van der Waals surface area contributed by atoms with Crippen LogP contribution in [0.15, 0.2) is 90.4 Å². The molecule has 0 bridgehead atoms. The summed E-state index contributed by atoms with van der Waals surface area (Å²) in [4.78, 5) is 4.58. The molecule has 0 aliphatic carbocycles. The van der Waals surface area contributed by atoms with Gasteiger partial charge in [-0.15, -0.1) is 11.3 Å². The van der Waals surface area contributed by atoms with Gasteiger partial charge < -0.3 is 28.0 Å². The molecule has 3 aromatic carbocycles. The third-order valence-corrected chi connectivity index (χ3v) is 11.5. The Hall–Kier alpha value is -3.39. The first-order valence-electron chi connectivity index (χ1n) is 16.6. The molecule has 0 amide bonds. The van der Waals surface area contributed by atoms with Gasteiger partial charge in [-0.1, -0.05) is 54.6 Å². The molecule has 49 heavy (non-hydrogen) atoms. The molecule has 0 N–H and O–H groups in total. The van der Waals surface area contributed by atoms with E-state index in [9.17, 15) is 5.26 Å². The summed E-state index contributed by atoms with van der Waals surface area (Å²) in [5.41, 5.74) is 1.82. The second-order valence-electron chi connectivity index (χ2n) is 12.3. The highest BCUT2D eigenvalue weighted by Crippen LogP contribution is 2.51. The van der Waals surface area contributed by atoms with E-state index in [1.165, 1.54) is 0 Å². The molecule has 1 aromatic heterocycles. The van der Waals surface area contributed by atoms with Crippen molar-refractivity contribution < 1.29 is 28.0 Å². The van der Waals surface area contributed by atoms with Crippen molar-refractivity contribution in [2.24, 2.45) is 0 Å². The molecular formula is C38H46N3O6PS. The van der Waals surface area contributed by atoms with Crippen molar-refractivity contribution in [1.82, 2.24) is 9.65 Å². The minimum atomic E-state index is -1.51. The van der Waals surface area contributed by atoms with Crippen LogP contribution in [0.3, 0.4) is 0 Å². The second-order valence-corrected chi connectivity index (χ2v) is 14.6. The molecular weight excluding hydrogens is 657 g/mol. The molecule has 1 fully saturated rings. The van der Waals surface area contributed by atoms with Gasteiger partial charge in [-0.25, -0.2) is 9.65 Å². The number of hydrogen-bond donors (Lipinski definition) is 0. The van der Waals surface area contributed by atoms with Gasteiger partial charge >= 0.3 is 0 Å². The third-order valence-electron chi connectivity index (χ3n) is 8.45. The number of benzene rings is 3. The molecule has 0 radical (unpaired) electrons. The van der Waals surface area contributed by atoms with E-state index in [4.69, 9.17) is 28.0 Å². The maximum atomic E-state index is 9.26. The maximum absolute atomic E-state index is 9.26. The number of ether oxygens (including phenoxy) is 4. The van der Waals surface area contributed by atoms with Gasteiger partial charge in [0.25, 0.3) is 8.53 Å². The molecule has 1 aliphatic rings. The average molecular weight is 704 g/mol. The maximum Gasteiger partial charge on any atom is 0.259 e. The van der Waals surface area contributed by atoms with Crippen molar-refractivity contribution in [3.05, 3.63) is 112 Å². The smallest absolute Gasteiger partial charge is 0.259 e. The number of thiazole rings is 1. The summed E-state index contributed by atoms with van der Waals surface area (Å²) in [7, 11) is 1.81. The van der Waals surface area contributed by atoms with E-state index in [0.717, 1.165) is 33.2 Å². The van der Waals surface area contributed by atoms with E-state index in [2.05, 4.69) is 55.6 Å². The van der Waals surface area contributed by atoms with Crippen LogP contribution in [-0.2, 0) is 24.1 Å². The van der Waals surface area contributed by atoms with Crippen molar-refractivity contribution in [3.8, 4) is 17.6 Å². The predicted molar refractivity (Wildman–Crippen MR) is 193 cm³/mol. The first-order chi connectivity index (χ1) is 23.8. The normalized spacial score (nSPS) is 18.6. The Balaban J connectivity index is 1.55. The van der Waals surface area contributed by atoms with Crippen molar-refractivity contribution in [1.29, 1.82) is 5.26 Å². The van der Waals surface area contributed by atoms with E-state index in [1.54, 1.807) is 31.8 Å². The largest absolute Gasteiger partial charge is 0.497 e. The number of methoxy groups -OCH3 is 2. The third kappa shape index (κ3) is 8.68. The van der Waals surface area contributed by atoms with Gasteiger partial charge in [0.15, 0.2) is 0 Å². The lowest BCUT2D eigenvalue weighted by Gasteiger charge is -2.39.